The first-order valence-electron chi connectivity index (χ1n) is 6.50. The Bertz CT molecular complexity index is 560. The van der Waals surface area contributed by atoms with E-state index >= 15 is 0 Å². The van der Waals surface area contributed by atoms with Crippen molar-refractivity contribution in [2.24, 2.45) is 7.05 Å². The molecular weight excluding hydrogens is 240 g/mol. The number of hydrogen-bond acceptors (Lipinski definition) is 5. The van der Waals surface area contributed by atoms with Gasteiger partial charge in [-0.1, -0.05) is 6.92 Å². The Labute approximate surface area is 113 Å². The molecule has 2 N–H and O–H groups in total. The van der Waals surface area contributed by atoms with E-state index in [1.54, 1.807) is 11.0 Å². The average Bonchev–Trinajstić information content (AvgIpc) is 2.69. The summed E-state index contributed by atoms with van der Waals surface area (Å²) >= 11 is 0. The molecule has 0 aromatic carbocycles. The first-order valence-corrected chi connectivity index (χ1v) is 6.50. The third-order valence-corrected chi connectivity index (χ3v) is 2.91. The Morgan fingerprint density at radius 1 is 1.21 bits per heavy atom. The van der Waals surface area contributed by atoms with E-state index in [0.717, 1.165) is 41.5 Å². The van der Waals surface area contributed by atoms with Crippen LogP contribution in [0.3, 0.4) is 0 Å². The van der Waals surface area contributed by atoms with Crippen LogP contribution in [0.15, 0.2) is 12.5 Å². The van der Waals surface area contributed by atoms with Gasteiger partial charge >= 0.3 is 0 Å². The van der Waals surface area contributed by atoms with Crippen molar-refractivity contribution < 1.29 is 0 Å². The van der Waals surface area contributed by atoms with Gasteiger partial charge < -0.3 is 10.6 Å². The summed E-state index contributed by atoms with van der Waals surface area (Å²) in [5.74, 6) is 1.73. The second kappa shape index (κ2) is 5.69. The number of nitrogens with zero attached hydrogens (tertiary/aromatic N) is 4. The fraction of sp³-hybridized carbons (Fsp3) is 0.462. The largest absolute Gasteiger partial charge is 0.370 e. The fourth-order valence-electron chi connectivity index (χ4n) is 2.02. The van der Waals surface area contributed by atoms with Crippen LogP contribution < -0.4 is 10.6 Å². The highest BCUT2D eigenvalue weighted by Crippen LogP contribution is 2.25. The lowest BCUT2D eigenvalue weighted by Gasteiger charge is -2.13. The lowest BCUT2D eigenvalue weighted by atomic mass is 10.2. The van der Waals surface area contributed by atoms with Gasteiger partial charge in [0, 0.05) is 25.4 Å². The molecular formula is C13H20N6. The summed E-state index contributed by atoms with van der Waals surface area (Å²) in [5, 5.41) is 10.9. The molecule has 0 amide bonds. The summed E-state index contributed by atoms with van der Waals surface area (Å²) in [6.45, 7) is 6.97. The van der Waals surface area contributed by atoms with Crippen molar-refractivity contribution in [3.63, 3.8) is 0 Å². The molecule has 6 heteroatoms. The number of rotatable bonds is 5. The molecule has 0 aliphatic carbocycles. The Morgan fingerprint density at radius 2 is 1.95 bits per heavy atom. The molecule has 19 heavy (non-hydrogen) atoms. The lowest BCUT2D eigenvalue weighted by Crippen LogP contribution is -2.07. The van der Waals surface area contributed by atoms with Gasteiger partial charge in [0.1, 0.15) is 18.0 Å². The van der Waals surface area contributed by atoms with Crippen LogP contribution in [-0.2, 0) is 13.5 Å². The highest BCUT2D eigenvalue weighted by Gasteiger charge is 2.11. The van der Waals surface area contributed by atoms with Crippen LogP contribution in [0.1, 0.15) is 25.1 Å². The van der Waals surface area contributed by atoms with Gasteiger partial charge in [-0.05, 0) is 20.3 Å². The molecule has 0 saturated heterocycles. The van der Waals surface area contributed by atoms with Crippen LogP contribution in [0.5, 0.6) is 0 Å². The van der Waals surface area contributed by atoms with Crippen LogP contribution in [0.4, 0.5) is 17.3 Å². The van der Waals surface area contributed by atoms with Crippen molar-refractivity contribution >= 4 is 17.3 Å². The zero-order chi connectivity index (χ0) is 13.8. The molecule has 2 aromatic heterocycles. The molecule has 0 atom stereocenters. The smallest absolute Gasteiger partial charge is 0.139 e. The van der Waals surface area contributed by atoms with Gasteiger partial charge in [-0.25, -0.2) is 9.97 Å². The van der Waals surface area contributed by atoms with Gasteiger partial charge in [-0.2, -0.15) is 5.10 Å². The summed E-state index contributed by atoms with van der Waals surface area (Å²) in [5.41, 5.74) is 3.01. The molecule has 0 fully saturated rings. The monoisotopic (exact) mass is 260 g/mol. The number of nitrogens with one attached hydrogen (secondary N) is 2. The zero-order valence-corrected chi connectivity index (χ0v) is 11.9. The van der Waals surface area contributed by atoms with Gasteiger partial charge in [0.25, 0.3) is 0 Å². The predicted molar refractivity (Wildman–Crippen MR) is 76.8 cm³/mol. The Hall–Kier alpha value is -2.11. The molecule has 0 radical (unpaired) electrons. The lowest BCUT2D eigenvalue weighted by molar-refractivity contribution is 0.756. The SMILES string of the molecule is CCNc1ncnc(Nc2cn(C)nc2C)c1CC. The molecule has 2 rings (SSSR count). The summed E-state index contributed by atoms with van der Waals surface area (Å²) < 4.78 is 1.79. The van der Waals surface area contributed by atoms with E-state index in [9.17, 15) is 0 Å². The van der Waals surface area contributed by atoms with E-state index in [2.05, 4.69) is 39.5 Å². The minimum atomic E-state index is 0.838. The van der Waals surface area contributed by atoms with Gasteiger partial charge in [0.2, 0.25) is 0 Å². The van der Waals surface area contributed by atoms with Crippen LogP contribution in [0.25, 0.3) is 0 Å². The number of anilines is 3. The summed E-state index contributed by atoms with van der Waals surface area (Å²) in [6, 6.07) is 0. The zero-order valence-electron chi connectivity index (χ0n) is 11.9. The topological polar surface area (TPSA) is 67.7 Å². The van der Waals surface area contributed by atoms with E-state index < -0.39 is 0 Å². The Kier molecular flexibility index (Phi) is 3.99. The molecule has 0 bridgehead atoms. The van der Waals surface area contributed by atoms with Gasteiger partial charge in [-0.3, -0.25) is 4.68 Å². The highest BCUT2D eigenvalue weighted by molar-refractivity contribution is 5.65. The van der Waals surface area contributed by atoms with Crippen molar-refractivity contribution in [2.45, 2.75) is 27.2 Å². The number of hydrogen-bond donors (Lipinski definition) is 2. The maximum atomic E-state index is 4.34. The maximum absolute atomic E-state index is 4.34. The minimum absolute atomic E-state index is 0.838. The summed E-state index contributed by atoms with van der Waals surface area (Å²) in [4.78, 5) is 8.62. The maximum Gasteiger partial charge on any atom is 0.139 e. The molecule has 102 valence electrons. The fourth-order valence-corrected chi connectivity index (χ4v) is 2.02. The quantitative estimate of drug-likeness (QED) is 0.863. The molecule has 0 spiro atoms. The van der Waals surface area contributed by atoms with E-state index in [1.807, 2.05) is 20.2 Å². The van der Waals surface area contributed by atoms with Crippen LogP contribution in [-0.4, -0.2) is 26.3 Å². The predicted octanol–water partition coefficient (Wildman–Crippen LogP) is 2.26. The summed E-state index contributed by atoms with van der Waals surface area (Å²) in [6.07, 6.45) is 4.39. The molecule has 0 aliphatic rings. The van der Waals surface area contributed by atoms with Crippen molar-refractivity contribution in [1.82, 2.24) is 19.7 Å². The standard InChI is InChI=1S/C13H20N6/c1-5-10-12(14-6-2)15-8-16-13(10)17-11-7-19(4)18-9(11)3/h7-8H,5-6H2,1-4H3,(H2,14,15,16,17). The third kappa shape index (κ3) is 2.83. The van der Waals surface area contributed by atoms with Gasteiger partial charge in [0.15, 0.2) is 0 Å². The third-order valence-electron chi connectivity index (χ3n) is 2.91. The van der Waals surface area contributed by atoms with Crippen molar-refractivity contribution in [2.75, 3.05) is 17.2 Å². The molecule has 0 saturated carbocycles. The number of aryl methyl sites for hydroxylation is 2. The minimum Gasteiger partial charge on any atom is -0.370 e. The van der Waals surface area contributed by atoms with E-state index in [0.29, 0.717) is 0 Å². The van der Waals surface area contributed by atoms with Crippen LogP contribution >= 0.6 is 0 Å². The number of aromatic nitrogens is 4. The van der Waals surface area contributed by atoms with Crippen LogP contribution in [0, 0.1) is 6.92 Å². The van der Waals surface area contributed by atoms with Gasteiger partial charge in [-0.15, -0.1) is 0 Å². The second-order valence-corrected chi connectivity index (χ2v) is 4.36. The highest BCUT2D eigenvalue weighted by atomic mass is 15.3. The van der Waals surface area contributed by atoms with Crippen molar-refractivity contribution in [3.05, 3.63) is 23.8 Å². The molecule has 0 unspecified atom stereocenters. The molecule has 2 heterocycles. The van der Waals surface area contributed by atoms with Crippen molar-refractivity contribution in [1.29, 1.82) is 0 Å². The van der Waals surface area contributed by atoms with Crippen LogP contribution in [0.2, 0.25) is 0 Å². The first-order chi connectivity index (χ1) is 9.15. The first kappa shape index (κ1) is 13.3. The van der Waals surface area contributed by atoms with Gasteiger partial charge in [0.05, 0.1) is 11.4 Å². The normalized spacial score (nSPS) is 10.5. The summed E-state index contributed by atoms with van der Waals surface area (Å²) in [7, 11) is 1.91. The average molecular weight is 260 g/mol. The van der Waals surface area contributed by atoms with E-state index in [4.69, 9.17) is 0 Å². The second-order valence-electron chi connectivity index (χ2n) is 4.36. The Balaban J connectivity index is 2.34. The van der Waals surface area contributed by atoms with E-state index in [1.165, 1.54) is 0 Å². The van der Waals surface area contributed by atoms with E-state index in [-0.39, 0.29) is 0 Å². The molecule has 6 nitrogen and oxygen atoms in total. The van der Waals surface area contributed by atoms with Crippen molar-refractivity contribution in [3.8, 4) is 0 Å². The molecule has 2 aromatic rings. The molecule has 0 aliphatic heterocycles. The Morgan fingerprint density at radius 3 is 2.53 bits per heavy atom.